The third-order valence-corrected chi connectivity index (χ3v) is 6.42. The van der Waals surface area contributed by atoms with Crippen LogP contribution in [-0.2, 0) is 4.79 Å². The quantitative estimate of drug-likeness (QED) is 0.407. The zero-order chi connectivity index (χ0) is 22.2. The number of likely N-dealkylation sites (tertiary alicyclic amines) is 1. The van der Waals surface area contributed by atoms with Crippen LogP contribution in [0.15, 0.2) is 36.9 Å². The molecule has 0 spiro atoms. The van der Waals surface area contributed by atoms with Gasteiger partial charge in [-0.3, -0.25) is 9.59 Å². The average molecular weight is 427 g/mol. The first-order valence-electron chi connectivity index (χ1n) is 11.9. The predicted octanol–water partition coefficient (Wildman–Crippen LogP) is 4.82. The maximum atomic E-state index is 12.5. The molecule has 2 fully saturated rings. The van der Waals surface area contributed by atoms with Crippen molar-refractivity contribution >= 4 is 11.8 Å². The van der Waals surface area contributed by atoms with Crippen molar-refractivity contribution in [1.29, 1.82) is 0 Å². The Hall–Kier alpha value is -2.30. The first-order valence-corrected chi connectivity index (χ1v) is 11.9. The fourth-order valence-corrected chi connectivity index (χ4v) is 4.29. The minimum Gasteiger partial charge on any atom is -0.490 e. The molecule has 5 nitrogen and oxygen atoms in total. The SMILES string of the molecule is C=CC(C)CC(C)CCCNC(=O)c1cccc(OC2CCN(C(=O)C3CC3)CC2)c1. The van der Waals surface area contributed by atoms with E-state index in [-0.39, 0.29) is 17.9 Å². The van der Waals surface area contributed by atoms with Crippen LogP contribution >= 0.6 is 0 Å². The summed E-state index contributed by atoms with van der Waals surface area (Å²) in [5, 5.41) is 3.03. The largest absolute Gasteiger partial charge is 0.490 e. The lowest BCUT2D eigenvalue weighted by Gasteiger charge is -2.32. The van der Waals surface area contributed by atoms with Gasteiger partial charge in [-0.1, -0.05) is 26.0 Å². The molecule has 1 aromatic carbocycles. The molecule has 3 rings (SSSR count). The smallest absolute Gasteiger partial charge is 0.251 e. The topological polar surface area (TPSA) is 58.6 Å². The minimum absolute atomic E-state index is 0.0533. The van der Waals surface area contributed by atoms with E-state index >= 15 is 0 Å². The number of piperidine rings is 1. The van der Waals surface area contributed by atoms with E-state index in [9.17, 15) is 9.59 Å². The lowest BCUT2D eigenvalue weighted by Crippen LogP contribution is -2.42. The van der Waals surface area contributed by atoms with Gasteiger partial charge in [-0.2, -0.15) is 0 Å². The van der Waals surface area contributed by atoms with Crippen LogP contribution in [0.5, 0.6) is 5.75 Å². The molecule has 31 heavy (non-hydrogen) atoms. The van der Waals surface area contributed by atoms with Gasteiger partial charge in [0.05, 0.1) is 0 Å². The first-order chi connectivity index (χ1) is 15.0. The van der Waals surface area contributed by atoms with E-state index in [1.54, 1.807) is 0 Å². The predicted molar refractivity (Wildman–Crippen MR) is 124 cm³/mol. The van der Waals surface area contributed by atoms with Crippen molar-refractivity contribution in [1.82, 2.24) is 10.2 Å². The van der Waals surface area contributed by atoms with Gasteiger partial charge in [0.15, 0.2) is 0 Å². The van der Waals surface area contributed by atoms with Gasteiger partial charge in [0.1, 0.15) is 11.9 Å². The monoisotopic (exact) mass is 426 g/mol. The fourth-order valence-electron chi connectivity index (χ4n) is 4.29. The van der Waals surface area contributed by atoms with Crippen LogP contribution in [0.2, 0.25) is 0 Å². The highest BCUT2D eigenvalue weighted by molar-refractivity contribution is 5.94. The molecule has 1 aromatic rings. The van der Waals surface area contributed by atoms with E-state index in [2.05, 4.69) is 25.7 Å². The highest BCUT2D eigenvalue weighted by Crippen LogP contribution is 2.32. The van der Waals surface area contributed by atoms with Crippen LogP contribution < -0.4 is 10.1 Å². The van der Waals surface area contributed by atoms with Gasteiger partial charge in [0, 0.05) is 44.0 Å². The summed E-state index contributed by atoms with van der Waals surface area (Å²) in [6, 6.07) is 7.43. The lowest BCUT2D eigenvalue weighted by atomic mass is 9.94. The van der Waals surface area contributed by atoms with Gasteiger partial charge in [0.25, 0.3) is 5.91 Å². The van der Waals surface area contributed by atoms with E-state index in [4.69, 9.17) is 4.74 Å². The molecule has 1 saturated carbocycles. The molecule has 2 amide bonds. The Balaban J connectivity index is 1.38. The molecular formula is C26H38N2O3. The van der Waals surface area contributed by atoms with Crippen LogP contribution in [-0.4, -0.2) is 42.5 Å². The van der Waals surface area contributed by atoms with Crippen molar-refractivity contribution in [3.63, 3.8) is 0 Å². The third-order valence-electron chi connectivity index (χ3n) is 6.42. The van der Waals surface area contributed by atoms with Gasteiger partial charge >= 0.3 is 0 Å². The van der Waals surface area contributed by atoms with Gasteiger partial charge < -0.3 is 15.0 Å². The number of nitrogens with one attached hydrogen (secondary N) is 1. The van der Waals surface area contributed by atoms with E-state index in [1.807, 2.05) is 35.2 Å². The van der Waals surface area contributed by atoms with E-state index in [1.165, 1.54) is 0 Å². The Labute approximate surface area is 187 Å². The zero-order valence-electron chi connectivity index (χ0n) is 19.1. The van der Waals surface area contributed by atoms with Crippen molar-refractivity contribution in [2.45, 2.75) is 64.9 Å². The number of ether oxygens (including phenoxy) is 1. The molecule has 0 aromatic heterocycles. The molecular weight excluding hydrogens is 388 g/mol. The van der Waals surface area contributed by atoms with Crippen LogP contribution in [0.1, 0.15) is 69.2 Å². The molecule has 1 aliphatic heterocycles. The van der Waals surface area contributed by atoms with Gasteiger partial charge in [-0.05, 0) is 62.1 Å². The molecule has 0 radical (unpaired) electrons. The summed E-state index contributed by atoms with van der Waals surface area (Å²) >= 11 is 0. The van der Waals surface area contributed by atoms with E-state index < -0.39 is 0 Å². The number of carbonyl (C=O) groups excluding carboxylic acids is 2. The summed E-state index contributed by atoms with van der Waals surface area (Å²) in [4.78, 5) is 26.7. The van der Waals surface area contributed by atoms with Crippen molar-refractivity contribution in [3.05, 3.63) is 42.5 Å². The number of rotatable bonds is 11. The second kappa shape index (κ2) is 11.4. The Morgan fingerprint density at radius 1 is 1.23 bits per heavy atom. The number of carbonyl (C=O) groups is 2. The summed E-state index contributed by atoms with van der Waals surface area (Å²) in [5.41, 5.74) is 0.632. The van der Waals surface area contributed by atoms with E-state index in [0.29, 0.717) is 29.9 Å². The summed E-state index contributed by atoms with van der Waals surface area (Å²) in [6.07, 6.45) is 9.12. The summed E-state index contributed by atoms with van der Waals surface area (Å²) in [7, 11) is 0. The number of allylic oxidation sites excluding steroid dienone is 1. The lowest BCUT2D eigenvalue weighted by molar-refractivity contribution is -0.134. The normalized spacial score (nSPS) is 18.8. The van der Waals surface area contributed by atoms with E-state index in [0.717, 1.165) is 63.8 Å². The minimum atomic E-state index is -0.0533. The molecule has 1 heterocycles. The fraction of sp³-hybridized carbons (Fsp3) is 0.615. The second-order valence-electron chi connectivity index (χ2n) is 9.40. The molecule has 1 saturated heterocycles. The van der Waals surface area contributed by atoms with Crippen molar-refractivity contribution in [2.75, 3.05) is 19.6 Å². The van der Waals surface area contributed by atoms with Crippen molar-refractivity contribution in [2.24, 2.45) is 17.8 Å². The zero-order valence-corrected chi connectivity index (χ0v) is 19.1. The molecule has 170 valence electrons. The molecule has 1 aliphatic carbocycles. The Morgan fingerprint density at radius 3 is 2.65 bits per heavy atom. The molecule has 2 aliphatic rings. The second-order valence-corrected chi connectivity index (χ2v) is 9.40. The number of hydrogen-bond donors (Lipinski definition) is 1. The summed E-state index contributed by atoms with van der Waals surface area (Å²) < 4.78 is 6.13. The maximum Gasteiger partial charge on any atom is 0.251 e. The Kier molecular flexibility index (Phi) is 8.56. The maximum absolute atomic E-state index is 12.5. The van der Waals surface area contributed by atoms with Gasteiger partial charge in [-0.25, -0.2) is 0 Å². The van der Waals surface area contributed by atoms with Crippen LogP contribution in [0.4, 0.5) is 0 Å². The number of benzene rings is 1. The van der Waals surface area contributed by atoms with Gasteiger partial charge in [0.2, 0.25) is 5.91 Å². The third kappa shape index (κ3) is 7.41. The molecule has 2 atom stereocenters. The molecule has 5 heteroatoms. The first kappa shape index (κ1) is 23.4. The molecule has 2 unspecified atom stereocenters. The van der Waals surface area contributed by atoms with Crippen LogP contribution in [0, 0.1) is 17.8 Å². The van der Waals surface area contributed by atoms with Crippen molar-refractivity contribution < 1.29 is 14.3 Å². The average Bonchev–Trinajstić information content (AvgIpc) is 3.62. The van der Waals surface area contributed by atoms with Crippen LogP contribution in [0.25, 0.3) is 0 Å². The molecule has 0 bridgehead atoms. The number of amides is 2. The summed E-state index contributed by atoms with van der Waals surface area (Å²) in [6.45, 7) is 10.5. The number of hydrogen-bond acceptors (Lipinski definition) is 3. The van der Waals surface area contributed by atoms with Crippen molar-refractivity contribution in [3.8, 4) is 5.75 Å². The highest BCUT2D eigenvalue weighted by Gasteiger charge is 2.35. The van der Waals surface area contributed by atoms with Gasteiger partial charge in [-0.15, -0.1) is 6.58 Å². The Morgan fingerprint density at radius 2 is 1.97 bits per heavy atom. The number of nitrogens with zero attached hydrogens (tertiary/aromatic N) is 1. The molecule has 1 N–H and O–H groups in total. The summed E-state index contributed by atoms with van der Waals surface area (Å²) in [5.74, 6) is 2.45. The highest BCUT2D eigenvalue weighted by atomic mass is 16.5. The Bertz CT molecular complexity index is 751. The standard InChI is InChI=1S/C26H38N2O3/c1-4-19(2)17-20(3)7-6-14-27-25(29)22-8-5-9-24(18-22)31-23-12-15-28(16-13-23)26(30)21-10-11-21/h4-5,8-9,18-21,23H,1,6-7,10-17H2,2-3H3,(H,27,29). The van der Waals surface area contributed by atoms with Crippen LogP contribution in [0.3, 0.4) is 0 Å².